The lowest BCUT2D eigenvalue weighted by molar-refractivity contribution is 0.372. The zero-order chi connectivity index (χ0) is 10.7. The van der Waals surface area contributed by atoms with E-state index in [9.17, 15) is 0 Å². The summed E-state index contributed by atoms with van der Waals surface area (Å²) >= 11 is 0. The standard InChI is InChI=1S/C10H12N4O/c1-7(11)6-9-13-10(14-15-9)8-4-2-3-5-12-8/h2-5,7H,6,11H2,1H3. The van der Waals surface area contributed by atoms with Crippen molar-refractivity contribution in [1.82, 2.24) is 15.1 Å². The first-order chi connectivity index (χ1) is 7.25. The predicted octanol–water partition coefficient (Wildman–Crippen LogP) is 1.02. The van der Waals surface area contributed by atoms with Gasteiger partial charge in [-0.25, -0.2) is 0 Å². The number of aromatic nitrogens is 3. The van der Waals surface area contributed by atoms with Gasteiger partial charge in [-0.05, 0) is 19.1 Å². The maximum absolute atomic E-state index is 5.63. The molecule has 15 heavy (non-hydrogen) atoms. The summed E-state index contributed by atoms with van der Waals surface area (Å²) < 4.78 is 5.05. The van der Waals surface area contributed by atoms with Crippen LogP contribution in [0, 0.1) is 0 Å². The highest BCUT2D eigenvalue weighted by molar-refractivity contribution is 5.46. The van der Waals surface area contributed by atoms with E-state index < -0.39 is 0 Å². The van der Waals surface area contributed by atoms with E-state index in [0.717, 1.165) is 0 Å². The van der Waals surface area contributed by atoms with Gasteiger partial charge in [-0.3, -0.25) is 4.98 Å². The Balaban J connectivity index is 2.21. The summed E-state index contributed by atoms with van der Waals surface area (Å²) in [4.78, 5) is 8.33. The van der Waals surface area contributed by atoms with Crippen LogP contribution in [0.25, 0.3) is 11.5 Å². The average Bonchev–Trinajstić information content (AvgIpc) is 2.67. The van der Waals surface area contributed by atoms with Gasteiger partial charge in [0.05, 0.1) is 0 Å². The first-order valence-electron chi connectivity index (χ1n) is 4.75. The lowest BCUT2D eigenvalue weighted by atomic mass is 10.2. The lowest BCUT2D eigenvalue weighted by Gasteiger charge is -1.96. The van der Waals surface area contributed by atoms with E-state index in [1.165, 1.54) is 0 Å². The van der Waals surface area contributed by atoms with Crippen LogP contribution in [0.1, 0.15) is 12.8 Å². The fourth-order valence-electron chi connectivity index (χ4n) is 1.21. The number of rotatable bonds is 3. The summed E-state index contributed by atoms with van der Waals surface area (Å²) in [5, 5.41) is 3.84. The van der Waals surface area contributed by atoms with Crippen molar-refractivity contribution in [3.8, 4) is 11.5 Å². The first-order valence-corrected chi connectivity index (χ1v) is 4.75. The molecule has 0 amide bonds. The van der Waals surface area contributed by atoms with Gasteiger partial charge in [0.2, 0.25) is 11.7 Å². The van der Waals surface area contributed by atoms with Crippen molar-refractivity contribution >= 4 is 0 Å². The van der Waals surface area contributed by atoms with Crippen LogP contribution in [0.15, 0.2) is 28.9 Å². The van der Waals surface area contributed by atoms with Gasteiger partial charge in [0.1, 0.15) is 5.69 Å². The molecule has 0 bridgehead atoms. The quantitative estimate of drug-likeness (QED) is 0.807. The van der Waals surface area contributed by atoms with E-state index >= 15 is 0 Å². The Kier molecular flexibility index (Phi) is 2.73. The Morgan fingerprint density at radius 3 is 3.00 bits per heavy atom. The van der Waals surface area contributed by atoms with Gasteiger partial charge in [0.15, 0.2) is 0 Å². The van der Waals surface area contributed by atoms with E-state index in [1.54, 1.807) is 6.20 Å². The van der Waals surface area contributed by atoms with Crippen LogP contribution in [-0.2, 0) is 6.42 Å². The van der Waals surface area contributed by atoms with Crippen molar-refractivity contribution in [2.24, 2.45) is 5.73 Å². The van der Waals surface area contributed by atoms with Crippen LogP contribution in [0.4, 0.5) is 0 Å². The molecule has 0 saturated heterocycles. The summed E-state index contributed by atoms with van der Waals surface area (Å²) in [5.74, 6) is 1.05. The molecule has 0 spiro atoms. The van der Waals surface area contributed by atoms with E-state index in [4.69, 9.17) is 10.3 Å². The van der Waals surface area contributed by atoms with Gasteiger partial charge < -0.3 is 10.3 Å². The minimum absolute atomic E-state index is 0.0158. The zero-order valence-electron chi connectivity index (χ0n) is 8.42. The highest BCUT2D eigenvalue weighted by atomic mass is 16.5. The lowest BCUT2D eigenvalue weighted by Crippen LogP contribution is -2.17. The maximum atomic E-state index is 5.63. The number of hydrogen-bond acceptors (Lipinski definition) is 5. The Labute approximate surface area is 87.3 Å². The van der Waals surface area contributed by atoms with Crippen molar-refractivity contribution in [3.63, 3.8) is 0 Å². The summed E-state index contributed by atoms with van der Waals surface area (Å²) in [6, 6.07) is 5.57. The normalized spacial score (nSPS) is 12.7. The Morgan fingerprint density at radius 2 is 2.33 bits per heavy atom. The van der Waals surface area contributed by atoms with Gasteiger partial charge >= 0.3 is 0 Å². The maximum Gasteiger partial charge on any atom is 0.228 e. The Morgan fingerprint density at radius 1 is 1.47 bits per heavy atom. The molecular formula is C10H12N4O. The van der Waals surface area contributed by atoms with Crippen LogP contribution in [0.3, 0.4) is 0 Å². The van der Waals surface area contributed by atoms with Crippen LogP contribution in [0.5, 0.6) is 0 Å². The van der Waals surface area contributed by atoms with Gasteiger partial charge in [0, 0.05) is 18.7 Å². The van der Waals surface area contributed by atoms with Gasteiger partial charge in [-0.2, -0.15) is 4.98 Å². The van der Waals surface area contributed by atoms with E-state index in [0.29, 0.717) is 23.8 Å². The number of pyridine rings is 1. The molecule has 0 radical (unpaired) electrons. The Hall–Kier alpha value is -1.75. The zero-order valence-corrected chi connectivity index (χ0v) is 8.42. The summed E-state index contributed by atoms with van der Waals surface area (Å²) in [5.41, 5.74) is 6.33. The summed E-state index contributed by atoms with van der Waals surface area (Å²) in [6.45, 7) is 1.89. The molecule has 0 aliphatic rings. The molecule has 1 atom stereocenters. The fourth-order valence-corrected chi connectivity index (χ4v) is 1.21. The van der Waals surface area contributed by atoms with Crippen molar-refractivity contribution in [2.75, 3.05) is 0 Å². The molecule has 0 aliphatic carbocycles. The molecule has 2 heterocycles. The summed E-state index contributed by atoms with van der Waals surface area (Å²) in [7, 11) is 0. The monoisotopic (exact) mass is 204 g/mol. The van der Waals surface area contributed by atoms with Crippen LogP contribution < -0.4 is 5.73 Å². The minimum atomic E-state index is 0.0158. The molecule has 2 N–H and O–H groups in total. The number of nitrogens with two attached hydrogens (primary N) is 1. The molecule has 0 aliphatic heterocycles. The van der Waals surface area contributed by atoms with E-state index in [2.05, 4.69) is 15.1 Å². The van der Waals surface area contributed by atoms with Crippen molar-refractivity contribution in [1.29, 1.82) is 0 Å². The molecule has 5 nitrogen and oxygen atoms in total. The average molecular weight is 204 g/mol. The third kappa shape index (κ3) is 2.38. The van der Waals surface area contributed by atoms with Crippen LogP contribution in [0.2, 0.25) is 0 Å². The predicted molar refractivity (Wildman–Crippen MR) is 54.9 cm³/mol. The fraction of sp³-hybridized carbons (Fsp3) is 0.300. The highest BCUT2D eigenvalue weighted by Crippen LogP contribution is 2.12. The second-order valence-corrected chi connectivity index (χ2v) is 3.41. The SMILES string of the molecule is CC(N)Cc1nc(-c2ccccn2)no1. The topological polar surface area (TPSA) is 77.8 Å². The molecule has 2 rings (SSSR count). The van der Waals surface area contributed by atoms with Crippen LogP contribution in [-0.4, -0.2) is 21.2 Å². The number of hydrogen-bond donors (Lipinski definition) is 1. The largest absolute Gasteiger partial charge is 0.339 e. The smallest absolute Gasteiger partial charge is 0.228 e. The highest BCUT2D eigenvalue weighted by Gasteiger charge is 2.10. The van der Waals surface area contributed by atoms with Gasteiger partial charge in [-0.15, -0.1) is 0 Å². The minimum Gasteiger partial charge on any atom is -0.339 e. The molecule has 0 aromatic carbocycles. The van der Waals surface area contributed by atoms with Crippen molar-refractivity contribution < 1.29 is 4.52 Å². The molecule has 0 fully saturated rings. The summed E-state index contributed by atoms with van der Waals surface area (Å²) in [6.07, 6.45) is 2.27. The van der Waals surface area contributed by atoms with Crippen molar-refractivity contribution in [2.45, 2.75) is 19.4 Å². The molecule has 2 aromatic rings. The molecule has 1 unspecified atom stereocenters. The second-order valence-electron chi connectivity index (χ2n) is 3.41. The molecular weight excluding hydrogens is 192 g/mol. The van der Waals surface area contributed by atoms with Gasteiger partial charge in [-0.1, -0.05) is 11.2 Å². The third-order valence-corrected chi connectivity index (χ3v) is 1.86. The molecule has 2 aromatic heterocycles. The first kappa shape index (κ1) is 9.79. The Bertz CT molecular complexity index is 424. The molecule has 0 saturated carbocycles. The van der Waals surface area contributed by atoms with Crippen LogP contribution >= 0.6 is 0 Å². The van der Waals surface area contributed by atoms with Gasteiger partial charge in [0.25, 0.3) is 0 Å². The number of nitrogens with zero attached hydrogens (tertiary/aromatic N) is 3. The van der Waals surface area contributed by atoms with Crippen molar-refractivity contribution in [3.05, 3.63) is 30.3 Å². The third-order valence-electron chi connectivity index (χ3n) is 1.86. The van der Waals surface area contributed by atoms with E-state index in [-0.39, 0.29) is 6.04 Å². The molecule has 78 valence electrons. The second kappa shape index (κ2) is 4.18. The molecule has 5 heteroatoms. The van der Waals surface area contributed by atoms with E-state index in [1.807, 2.05) is 25.1 Å².